The zero-order chi connectivity index (χ0) is 17.7. The van der Waals surface area contributed by atoms with Crippen LogP contribution < -0.4 is 4.72 Å². The highest BCUT2D eigenvalue weighted by molar-refractivity contribution is 7.98. The summed E-state index contributed by atoms with van der Waals surface area (Å²) < 4.78 is 27.4. The first-order valence-corrected chi connectivity index (χ1v) is 11.1. The minimum Gasteiger partial charge on any atom is -0.339 e. The van der Waals surface area contributed by atoms with Gasteiger partial charge in [0.1, 0.15) is 0 Å². The molecule has 1 amide bonds. The Hall–Kier alpha value is -1.05. The lowest BCUT2D eigenvalue weighted by molar-refractivity contribution is 0.0758. The van der Waals surface area contributed by atoms with Crippen molar-refractivity contribution in [3.8, 4) is 0 Å². The van der Waals surface area contributed by atoms with E-state index < -0.39 is 10.0 Å². The van der Waals surface area contributed by atoms with Gasteiger partial charge in [-0.2, -0.15) is 0 Å². The molecule has 24 heavy (non-hydrogen) atoms. The fraction of sp³-hybridized carbons (Fsp3) is 0.588. The molecule has 1 aliphatic heterocycles. The third-order valence-electron chi connectivity index (χ3n) is 4.00. The Kier molecular flexibility index (Phi) is 6.71. The molecule has 0 radical (unpaired) electrons. The molecule has 1 saturated heterocycles. The number of amides is 1. The molecule has 0 atom stereocenters. The topological polar surface area (TPSA) is 66.5 Å². The Morgan fingerprint density at radius 1 is 1.17 bits per heavy atom. The number of carbonyl (C=O) groups excluding carboxylic acids is 1. The van der Waals surface area contributed by atoms with Crippen molar-refractivity contribution in [1.29, 1.82) is 0 Å². The fourth-order valence-corrected chi connectivity index (χ4v) is 4.69. The Morgan fingerprint density at radius 3 is 2.33 bits per heavy atom. The average molecular weight is 371 g/mol. The molecule has 0 aromatic heterocycles. The summed E-state index contributed by atoms with van der Waals surface area (Å²) in [5.74, 6) is -0.0668. The van der Waals surface area contributed by atoms with Gasteiger partial charge < -0.3 is 4.90 Å². The van der Waals surface area contributed by atoms with Crippen LogP contribution in [0.15, 0.2) is 28.0 Å². The predicted octanol–water partition coefficient (Wildman–Crippen LogP) is 3.11. The van der Waals surface area contributed by atoms with Gasteiger partial charge in [0, 0.05) is 24.0 Å². The minimum absolute atomic E-state index is 0.0668. The van der Waals surface area contributed by atoms with E-state index >= 15 is 0 Å². The maximum atomic E-state index is 12.9. The highest BCUT2D eigenvalue weighted by Gasteiger charge is 2.23. The van der Waals surface area contributed by atoms with E-state index in [0.717, 1.165) is 43.7 Å². The summed E-state index contributed by atoms with van der Waals surface area (Å²) in [4.78, 5) is 15.7. The van der Waals surface area contributed by atoms with Crippen molar-refractivity contribution in [2.75, 3.05) is 19.3 Å². The molecule has 1 aromatic rings. The quantitative estimate of drug-likeness (QED) is 0.809. The summed E-state index contributed by atoms with van der Waals surface area (Å²) in [5.41, 5.74) is 0.482. The van der Waals surface area contributed by atoms with Gasteiger partial charge in [-0.1, -0.05) is 12.8 Å². The molecular formula is C17H26N2O3S2. The summed E-state index contributed by atoms with van der Waals surface area (Å²) in [6.45, 7) is 5.04. The molecule has 0 unspecified atom stereocenters. The molecule has 5 nitrogen and oxygen atoms in total. The Morgan fingerprint density at radius 2 is 1.79 bits per heavy atom. The van der Waals surface area contributed by atoms with E-state index in [2.05, 4.69) is 4.72 Å². The lowest BCUT2D eigenvalue weighted by Gasteiger charge is -2.22. The van der Waals surface area contributed by atoms with Crippen molar-refractivity contribution >= 4 is 27.7 Å². The van der Waals surface area contributed by atoms with E-state index in [0.29, 0.717) is 5.56 Å². The zero-order valence-corrected chi connectivity index (χ0v) is 16.2. The lowest BCUT2D eigenvalue weighted by atomic mass is 10.2. The summed E-state index contributed by atoms with van der Waals surface area (Å²) >= 11 is 1.46. The Balaban J connectivity index is 2.37. The van der Waals surface area contributed by atoms with Crippen LogP contribution in [0, 0.1) is 0 Å². The molecule has 1 heterocycles. The Bertz CT molecular complexity index is 679. The van der Waals surface area contributed by atoms with Gasteiger partial charge in [0.2, 0.25) is 10.0 Å². The number of carbonyl (C=O) groups is 1. The molecule has 1 aliphatic rings. The lowest BCUT2D eigenvalue weighted by Crippen LogP contribution is -2.33. The zero-order valence-electron chi connectivity index (χ0n) is 14.5. The van der Waals surface area contributed by atoms with E-state index in [4.69, 9.17) is 0 Å². The average Bonchev–Trinajstić information content (AvgIpc) is 2.81. The number of benzene rings is 1. The maximum Gasteiger partial charge on any atom is 0.255 e. The van der Waals surface area contributed by atoms with Gasteiger partial charge in [-0.25, -0.2) is 13.1 Å². The van der Waals surface area contributed by atoms with E-state index in [1.807, 2.05) is 11.2 Å². The highest BCUT2D eigenvalue weighted by atomic mass is 32.2. The molecular weight excluding hydrogens is 344 g/mol. The second-order valence-corrected chi connectivity index (χ2v) is 8.91. The van der Waals surface area contributed by atoms with Crippen molar-refractivity contribution in [3.63, 3.8) is 0 Å². The third kappa shape index (κ3) is 4.74. The molecule has 0 aliphatic carbocycles. The molecule has 2 rings (SSSR count). The van der Waals surface area contributed by atoms with E-state index in [1.165, 1.54) is 17.8 Å². The molecule has 7 heteroatoms. The first kappa shape index (κ1) is 19.3. The number of likely N-dealkylation sites (tertiary alicyclic amines) is 1. The van der Waals surface area contributed by atoms with Crippen LogP contribution in [0.4, 0.5) is 0 Å². The second-order valence-electron chi connectivity index (χ2n) is 6.34. The third-order valence-corrected chi connectivity index (χ3v) is 6.45. The minimum atomic E-state index is -3.61. The highest BCUT2D eigenvalue weighted by Crippen LogP contribution is 2.26. The summed E-state index contributed by atoms with van der Waals surface area (Å²) in [6.07, 6.45) is 6.20. The molecule has 1 fully saturated rings. The van der Waals surface area contributed by atoms with Crippen molar-refractivity contribution in [1.82, 2.24) is 9.62 Å². The number of hydrogen-bond donors (Lipinski definition) is 1. The van der Waals surface area contributed by atoms with Crippen LogP contribution in [-0.4, -0.2) is 44.6 Å². The van der Waals surface area contributed by atoms with Gasteiger partial charge in [-0.05, 0) is 51.1 Å². The van der Waals surface area contributed by atoms with Crippen LogP contribution in [0.2, 0.25) is 0 Å². The standard InChI is InChI=1S/C17H26N2O3S2/c1-13(2)18-24(21,22)14-8-9-16(23-3)15(12-14)17(20)19-10-6-4-5-7-11-19/h8-9,12-13,18H,4-7,10-11H2,1-3H3. The van der Waals surface area contributed by atoms with Crippen molar-refractivity contribution in [2.45, 2.75) is 55.4 Å². The monoisotopic (exact) mass is 370 g/mol. The van der Waals surface area contributed by atoms with Crippen LogP contribution >= 0.6 is 11.8 Å². The van der Waals surface area contributed by atoms with Crippen molar-refractivity contribution < 1.29 is 13.2 Å². The number of sulfonamides is 1. The van der Waals surface area contributed by atoms with E-state index in [1.54, 1.807) is 26.0 Å². The SMILES string of the molecule is CSc1ccc(S(=O)(=O)NC(C)C)cc1C(=O)N1CCCCCC1. The smallest absolute Gasteiger partial charge is 0.255 e. The van der Waals surface area contributed by atoms with Crippen molar-refractivity contribution in [2.24, 2.45) is 0 Å². The van der Waals surface area contributed by atoms with E-state index in [-0.39, 0.29) is 16.8 Å². The van der Waals surface area contributed by atoms with Gasteiger partial charge in [-0.3, -0.25) is 4.79 Å². The van der Waals surface area contributed by atoms with Crippen LogP contribution in [0.3, 0.4) is 0 Å². The number of nitrogens with one attached hydrogen (secondary N) is 1. The fourth-order valence-electron chi connectivity index (χ4n) is 2.84. The number of hydrogen-bond acceptors (Lipinski definition) is 4. The molecule has 1 N–H and O–H groups in total. The van der Waals surface area contributed by atoms with Gasteiger partial charge >= 0.3 is 0 Å². The maximum absolute atomic E-state index is 12.9. The summed E-state index contributed by atoms with van der Waals surface area (Å²) in [5, 5.41) is 0. The first-order chi connectivity index (χ1) is 11.3. The van der Waals surface area contributed by atoms with Crippen LogP contribution in [0.25, 0.3) is 0 Å². The Labute approximate surface area is 149 Å². The van der Waals surface area contributed by atoms with Gasteiger partial charge in [0.25, 0.3) is 5.91 Å². The number of rotatable bonds is 5. The number of thioether (sulfide) groups is 1. The van der Waals surface area contributed by atoms with Gasteiger partial charge in [0.05, 0.1) is 10.5 Å². The van der Waals surface area contributed by atoms with Crippen LogP contribution in [0.5, 0.6) is 0 Å². The van der Waals surface area contributed by atoms with Crippen LogP contribution in [-0.2, 0) is 10.0 Å². The largest absolute Gasteiger partial charge is 0.339 e. The van der Waals surface area contributed by atoms with Gasteiger partial charge in [0.15, 0.2) is 0 Å². The molecule has 0 saturated carbocycles. The summed E-state index contributed by atoms with van der Waals surface area (Å²) in [6, 6.07) is 4.62. The summed E-state index contributed by atoms with van der Waals surface area (Å²) in [7, 11) is -3.61. The molecule has 0 spiro atoms. The number of nitrogens with zero attached hydrogens (tertiary/aromatic N) is 1. The van der Waals surface area contributed by atoms with Gasteiger partial charge in [-0.15, -0.1) is 11.8 Å². The molecule has 1 aromatic carbocycles. The first-order valence-electron chi connectivity index (χ1n) is 8.35. The molecule has 0 bridgehead atoms. The second kappa shape index (κ2) is 8.36. The van der Waals surface area contributed by atoms with E-state index in [9.17, 15) is 13.2 Å². The predicted molar refractivity (Wildman–Crippen MR) is 98.1 cm³/mol. The normalized spacial score (nSPS) is 16.2. The van der Waals surface area contributed by atoms with Crippen molar-refractivity contribution in [3.05, 3.63) is 23.8 Å². The molecule has 134 valence electrons. The van der Waals surface area contributed by atoms with Crippen LogP contribution in [0.1, 0.15) is 49.9 Å².